The third kappa shape index (κ3) is 2.05. The van der Waals surface area contributed by atoms with Crippen molar-refractivity contribution in [3.63, 3.8) is 0 Å². The first kappa shape index (κ1) is 11.7. The Labute approximate surface area is 114 Å². The fraction of sp³-hybridized carbons (Fsp3) is 0.429. The average molecular weight is 310 g/mol. The molecular weight excluding hydrogens is 294 g/mol. The lowest BCUT2D eigenvalue weighted by Crippen LogP contribution is -2.20. The molecule has 1 aromatic heterocycles. The monoisotopic (exact) mass is 309 g/mol. The van der Waals surface area contributed by atoms with Gasteiger partial charge in [-0.15, -0.1) is 11.3 Å². The topological polar surface area (TPSA) is 26.0 Å². The molecule has 0 bridgehead atoms. The largest absolute Gasteiger partial charge is 0.324 e. The van der Waals surface area contributed by atoms with Crippen molar-refractivity contribution in [1.29, 1.82) is 0 Å². The predicted octanol–water partition coefficient (Wildman–Crippen LogP) is 4.71. The standard InChI is InChI=1S/C14H16BrNS/c1-8(9-5-6-9)13(16)11-7-17-14-10(11)3-2-4-12(14)15/h2-4,7-9,13H,5-6,16H2,1H3. The molecule has 2 N–H and O–H groups in total. The highest BCUT2D eigenvalue weighted by molar-refractivity contribution is 9.10. The Morgan fingerprint density at radius 3 is 2.88 bits per heavy atom. The molecule has 0 amide bonds. The van der Waals surface area contributed by atoms with Crippen molar-refractivity contribution in [2.24, 2.45) is 17.6 Å². The molecule has 2 aromatic rings. The van der Waals surface area contributed by atoms with Crippen molar-refractivity contribution >= 4 is 37.4 Å². The van der Waals surface area contributed by atoms with Crippen LogP contribution in [0.2, 0.25) is 0 Å². The van der Waals surface area contributed by atoms with Gasteiger partial charge in [-0.25, -0.2) is 0 Å². The summed E-state index contributed by atoms with van der Waals surface area (Å²) in [6.45, 7) is 2.30. The van der Waals surface area contributed by atoms with Gasteiger partial charge in [0.15, 0.2) is 0 Å². The first-order valence-corrected chi connectivity index (χ1v) is 7.77. The summed E-state index contributed by atoms with van der Waals surface area (Å²) in [5, 5.41) is 3.56. The number of fused-ring (bicyclic) bond motifs is 1. The van der Waals surface area contributed by atoms with Crippen LogP contribution in [-0.2, 0) is 0 Å². The molecule has 1 heterocycles. The SMILES string of the molecule is CC(C1CC1)C(N)c1csc2c(Br)cccc12. The molecular formula is C14H16BrNS. The van der Waals surface area contributed by atoms with E-state index in [2.05, 4.69) is 46.4 Å². The van der Waals surface area contributed by atoms with Crippen LogP contribution in [0.5, 0.6) is 0 Å². The van der Waals surface area contributed by atoms with Gasteiger partial charge in [-0.05, 0) is 63.0 Å². The molecule has 1 nitrogen and oxygen atoms in total. The summed E-state index contributed by atoms with van der Waals surface area (Å²) in [6, 6.07) is 6.56. The Bertz CT molecular complexity index is 544. The van der Waals surface area contributed by atoms with Gasteiger partial charge in [0.05, 0.1) is 0 Å². The third-order valence-electron chi connectivity index (χ3n) is 3.87. The molecule has 1 aromatic carbocycles. The van der Waals surface area contributed by atoms with Crippen LogP contribution in [0.3, 0.4) is 0 Å². The van der Waals surface area contributed by atoms with Crippen LogP contribution in [-0.4, -0.2) is 0 Å². The molecule has 90 valence electrons. The quantitative estimate of drug-likeness (QED) is 0.873. The van der Waals surface area contributed by atoms with Gasteiger partial charge in [0.2, 0.25) is 0 Å². The van der Waals surface area contributed by atoms with Gasteiger partial charge in [-0.1, -0.05) is 19.1 Å². The van der Waals surface area contributed by atoms with E-state index in [4.69, 9.17) is 5.73 Å². The van der Waals surface area contributed by atoms with Crippen molar-refractivity contribution in [3.8, 4) is 0 Å². The van der Waals surface area contributed by atoms with E-state index in [0.717, 1.165) is 5.92 Å². The lowest BCUT2D eigenvalue weighted by atomic mass is 9.91. The maximum absolute atomic E-state index is 6.43. The number of benzene rings is 1. The van der Waals surface area contributed by atoms with Crippen LogP contribution in [0.4, 0.5) is 0 Å². The Morgan fingerprint density at radius 2 is 2.18 bits per heavy atom. The maximum Gasteiger partial charge on any atom is 0.0488 e. The zero-order valence-corrected chi connectivity index (χ0v) is 12.2. The van der Waals surface area contributed by atoms with E-state index in [1.54, 1.807) is 11.3 Å². The highest BCUT2D eigenvalue weighted by Crippen LogP contribution is 2.44. The highest BCUT2D eigenvalue weighted by atomic mass is 79.9. The van der Waals surface area contributed by atoms with E-state index in [0.29, 0.717) is 5.92 Å². The first-order valence-electron chi connectivity index (χ1n) is 6.09. The number of nitrogens with two attached hydrogens (primary N) is 1. The highest BCUT2D eigenvalue weighted by Gasteiger charge is 2.33. The molecule has 2 unspecified atom stereocenters. The zero-order chi connectivity index (χ0) is 12.0. The minimum atomic E-state index is 0.186. The molecule has 3 heteroatoms. The molecule has 3 rings (SSSR count). The Kier molecular flexibility index (Phi) is 3.01. The fourth-order valence-corrected chi connectivity index (χ4v) is 4.17. The summed E-state index contributed by atoms with van der Waals surface area (Å²) in [7, 11) is 0. The molecule has 0 radical (unpaired) electrons. The molecule has 1 aliphatic rings. The van der Waals surface area contributed by atoms with E-state index >= 15 is 0 Å². The van der Waals surface area contributed by atoms with E-state index in [1.807, 2.05) is 0 Å². The summed E-state index contributed by atoms with van der Waals surface area (Å²) in [5.41, 5.74) is 7.76. The average Bonchev–Trinajstić information content (AvgIpc) is 3.08. The minimum Gasteiger partial charge on any atom is -0.324 e. The fourth-order valence-electron chi connectivity index (χ4n) is 2.50. The second-order valence-corrected chi connectivity index (χ2v) is 6.76. The van der Waals surface area contributed by atoms with Crippen molar-refractivity contribution in [2.75, 3.05) is 0 Å². The summed E-state index contributed by atoms with van der Waals surface area (Å²) in [6.07, 6.45) is 2.72. The predicted molar refractivity (Wildman–Crippen MR) is 78.3 cm³/mol. The van der Waals surface area contributed by atoms with Crippen LogP contribution in [0.1, 0.15) is 31.4 Å². The Morgan fingerprint density at radius 1 is 1.41 bits per heavy atom. The van der Waals surface area contributed by atoms with E-state index in [-0.39, 0.29) is 6.04 Å². The normalized spacial score (nSPS) is 19.5. The van der Waals surface area contributed by atoms with Crippen LogP contribution in [0.25, 0.3) is 10.1 Å². The van der Waals surface area contributed by atoms with Gasteiger partial charge in [-0.3, -0.25) is 0 Å². The summed E-state index contributed by atoms with van der Waals surface area (Å²) >= 11 is 5.40. The van der Waals surface area contributed by atoms with Gasteiger partial charge in [0, 0.05) is 15.2 Å². The van der Waals surface area contributed by atoms with Gasteiger partial charge in [0.25, 0.3) is 0 Å². The molecule has 1 aliphatic carbocycles. The third-order valence-corrected chi connectivity index (χ3v) is 5.84. The lowest BCUT2D eigenvalue weighted by Gasteiger charge is -2.19. The number of hydrogen-bond donors (Lipinski definition) is 1. The van der Waals surface area contributed by atoms with E-state index in [9.17, 15) is 0 Å². The van der Waals surface area contributed by atoms with Crippen molar-refractivity contribution in [2.45, 2.75) is 25.8 Å². The Balaban J connectivity index is 2.02. The van der Waals surface area contributed by atoms with Crippen LogP contribution >= 0.6 is 27.3 Å². The van der Waals surface area contributed by atoms with E-state index < -0.39 is 0 Å². The molecule has 1 saturated carbocycles. The molecule has 1 fully saturated rings. The summed E-state index contributed by atoms with van der Waals surface area (Å²) in [4.78, 5) is 0. The maximum atomic E-state index is 6.43. The van der Waals surface area contributed by atoms with Crippen LogP contribution < -0.4 is 5.73 Å². The lowest BCUT2D eigenvalue weighted by molar-refractivity contribution is 0.420. The van der Waals surface area contributed by atoms with Crippen LogP contribution in [0.15, 0.2) is 28.1 Å². The second-order valence-electron chi connectivity index (χ2n) is 5.03. The Hall–Kier alpha value is -0.380. The minimum absolute atomic E-state index is 0.186. The van der Waals surface area contributed by atoms with Gasteiger partial charge >= 0.3 is 0 Å². The van der Waals surface area contributed by atoms with Gasteiger partial charge in [0.1, 0.15) is 0 Å². The molecule has 2 atom stereocenters. The van der Waals surface area contributed by atoms with Crippen molar-refractivity contribution < 1.29 is 0 Å². The number of halogens is 1. The van der Waals surface area contributed by atoms with Gasteiger partial charge in [-0.2, -0.15) is 0 Å². The zero-order valence-electron chi connectivity index (χ0n) is 9.82. The number of rotatable bonds is 3. The van der Waals surface area contributed by atoms with E-state index in [1.165, 1.54) is 33.0 Å². The molecule has 0 saturated heterocycles. The second kappa shape index (κ2) is 4.38. The summed E-state index contributed by atoms with van der Waals surface area (Å²) in [5.74, 6) is 1.46. The molecule has 17 heavy (non-hydrogen) atoms. The van der Waals surface area contributed by atoms with Crippen molar-refractivity contribution in [3.05, 3.63) is 33.6 Å². The van der Waals surface area contributed by atoms with Crippen LogP contribution in [0, 0.1) is 11.8 Å². The number of hydrogen-bond acceptors (Lipinski definition) is 2. The summed E-state index contributed by atoms with van der Waals surface area (Å²) < 4.78 is 2.50. The smallest absolute Gasteiger partial charge is 0.0488 e. The molecule has 0 aliphatic heterocycles. The molecule has 0 spiro atoms. The number of thiophene rings is 1. The first-order chi connectivity index (χ1) is 8.18. The van der Waals surface area contributed by atoms with Crippen molar-refractivity contribution in [1.82, 2.24) is 0 Å². The van der Waals surface area contributed by atoms with Gasteiger partial charge < -0.3 is 5.73 Å².